The summed E-state index contributed by atoms with van der Waals surface area (Å²) < 4.78 is 0. The van der Waals surface area contributed by atoms with Crippen LogP contribution in [0.3, 0.4) is 0 Å². The highest BCUT2D eigenvalue weighted by atomic mass is 32.1. The number of carbonyl (C=O) groups is 1. The molecule has 1 rings (SSSR count). The maximum atomic E-state index is 10.5. The molecule has 0 aliphatic heterocycles. The summed E-state index contributed by atoms with van der Waals surface area (Å²) in [6, 6.07) is 0. The normalized spacial score (nSPS) is 10.1. The molecule has 0 saturated heterocycles. The van der Waals surface area contributed by atoms with E-state index in [1.165, 1.54) is 6.92 Å². The summed E-state index contributed by atoms with van der Waals surface area (Å²) in [6.45, 7) is 5.72. The fourth-order valence-electron chi connectivity index (χ4n) is 1.03. The molecule has 4 nitrogen and oxygen atoms in total. The van der Waals surface area contributed by atoms with Gasteiger partial charge in [-0.1, -0.05) is 0 Å². The topological polar surface area (TPSA) is 54.0 Å². The van der Waals surface area contributed by atoms with E-state index in [1.54, 1.807) is 11.3 Å². The SMILES string of the molecule is CC(=O)NCCNCc1csc(C)n1. The van der Waals surface area contributed by atoms with E-state index in [0.29, 0.717) is 6.54 Å². The van der Waals surface area contributed by atoms with Crippen LogP contribution < -0.4 is 10.6 Å². The number of nitrogens with one attached hydrogen (secondary N) is 2. The van der Waals surface area contributed by atoms with Crippen LogP contribution in [0.5, 0.6) is 0 Å². The van der Waals surface area contributed by atoms with Gasteiger partial charge in [0, 0.05) is 31.9 Å². The van der Waals surface area contributed by atoms with Crippen LogP contribution in [0.1, 0.15) is 17.6 Å². The van der Waals surface area contributed by atoms with Gasteiger partial charge < -0.3 is 10.6 Å². The molecule has 0 spiro atoms. The number of aromatic nitrogens is 1. The highest BCUT2D eigenvalue weighted by Gasteiger charge is 1.96. The van der Waals surface area contributed by atoms with Crippen molar-refractivity contribution >= 4 is 17.2 Å². The first-order chi connectivity index (χ1) is 6.68. The van der Waals surface area contributed by atoms with Gasteiger partial charge in [0.15, 0.2) is 0 Å². The number of amides is 1. The van der Waals surface area contributed by atoms with Gasteiger partial charge in [-0.25, -0.2) is 4.98 Å². The Morgan fingerprint density at radius 1 is 1.57 bits per heavy atom. The number of hydrogen-bond acceptors (Lipinski definition) is 4. The van der Waals surface area contributed by atoms with Crippen LogP contribution in [0, 0.1) is 6.92 Å². The number of rotatable bonds is 5. The number of aryl methyl sites for hydroxylation is 1. The molecular formula is C9H15N3OS. The van der Waals surface area contributed by atoms with Gasteiger partial charge >= 0.3 is 0 Å². The molecule has 0 fully saturated rings. The minimum Gasteiger partial charge on any atom is -0.355 e. The average Bonchev–Trinajstić information content (AvgIpc) is 2.50. The smallest absolute Gasteiger partial charge is 0.216 e. The molecule has 0 saturated carbocycles. The summed E-state index contributed by atoms with van der Waals surface area (Å²) in [7, 11) is 0. The van der Waals surface area contributed by atoms with Crippen molar-refractivity contribution in [2.45, 2.75) is 20.4 Å². The predicted octanol–water partition coefficient (Wildman–Crippen LogP) is 0.677. The van der Waals surface area contributed by atoms with Gasteiger partial charge in [0.1, 0.15) is 0 Å². The largest absolute Gasteiger partial charge is 0.355 e. The third-order valence-corrected chi connectivity index (χ3v) is 2.47. The monoisotopic (exact) mass is 213 g/mol. The Bertz CT molecular complexity index is 298. The van der Waals surface area contributed by atoms with Gasteiger partial charge in [-0.15, -0.1) is 11.3 Å². The molecule has 0 atom stereocenters. The molecule has 1 heterocycles. The molecule has 5 heteroatoms. The molecular weight excluding hydrogens is 198 g/mol. The number of hydrogen-bond donors (Lipinski definition) is 2. The number of nitrogens with zero attached hydrogens (tertiary/aromatic N) is 1. The van der Waals surface area contributed by atoms with E-state index in [9.17, 15) is 4.79 Å². The molecule has 1 aromatic heterocycles. The van der Waals surface area contributed by atoms with Crippen molar-refractivity contribution in [2.24, 2.45) is 0 Å². The summed E-state index contributed by atoms with van der Waals surface area (Å²) in [5, 5.41) is 9.05. The lowest BCUT2D eigenvalue weighted by Gasteiger charge is -2.02. The van der Waals surface area contributed by atoms with Gasteiger partial charge in [0.2, 0.25) is 5.91 Å². The molecule has 0 aliphatic carbocycles. The van der Waals surface area contributed by atoms with Crippen molar-refractivity contribution in [3.05, 3.63) is 16.1 Å². The standard InChI is InChI=1S/C9H15N3OS/c1-7(13)11-4-3-10-5-9-6-14-8(2)12-9/h6,10H,3-5H2,1-2H3,(H,11,13). The zero-order valence-electron chi connectivity index (χ0n) is 8.46. The molecule has 0 unspecified atom stereocenters. The highest BCUT2D eigenvalue weighted by molar-refractivity contribution is 7.09. The summed E-state index contributed by atoms with van der Waals surface area (Å²) in [6.07, 6.45) is 0. The Morgan fingerprint density at radius 3 is 2.93 bits per heavy atom. The molecule has 0 aliphatic rings. The van der Waals surface area contributed by atoms with Crippen LogP contribution >= 0.6 is 11.3 Å². The summed E-state index contributed by atoms with van der Waals surface area (Å²) in [4.78, 5) is 14.8. The third-order valence-electron chi connectivity index (χ3n) is 1.65. The maximum Gasteiger partial charge on any atom is 0.216 e. The van der Waals surface area contributed by atoms with Gasteiger partial charge in [0.05, 0.1) is 10.7 Å². The van der Waals surface area contributed by atoms with E-state index in [1.807, 2.05) is 12.3 Å². The van der Waals surface area contributed by atoms with Gasteiger partial charge in [-0.05, 0) is 6.92 Å². The zero-order chi connectivity index (χ0) is 10.4. The quantitative estimate of drug-likeness (QED) is 0.707. The van der Waals surface area contributed by atoms with Crippen LogP contribution in [0.2, 0.25) is 0 Å². The van der Waals surface area contributed by atoms with Crippen LogP contribution in [0.15, 0.2) is 5.38 Å². The van der Waals surface area contributed by atoms with Gasteiger partial charge in [-0.2, -0.15) is 0 Å². The van der Waals surface area contributed by atoms with Crippen molar-refractivity contribution in [1.82, 2.24) is 15.6 Å². The lowest BCUT2D eigenvalue weighted by molar-refractivity contribution is -0.118. The van der Waals surface area contributed by atoms with Crippen LogP contribution in [-0.4, -0.2) is 24.0 Å². The van der Waals surface area contributed by atoms with Gasteiger partial charge in [-0.3, -0.25) is 4.79 Å². The third kappa shape index (κ3) is 4.34. The van der Waals surface area contributed by atoms with Crippen molar-refractivity contribution in [2.75, 3.05) is 13.1 Å². The Morgan fingerprint density at radius 2 is 2.36 bits per heavy atom. The molecule has 1 amide bonds. The minimum absolute atomic E-state index is 0.0105. The molecule has 1 aromatic rings. The lowest BCUT2D eigenvalue weighted by atomic mass is 10.4. The fourth-order valence-corrected chi connectivity index (χ4v) is 1.65. The van der Waals surface area contributed by atoms with Crippen molar-refractivity contribution in [3.63, 3.8) is 0 Å². The second-order valence-electron chi connectivity index (χ2n) is 3.02. The molecule has 0 radical (unpaired) electrons. The van der Waals surface area contributed by atoms with Crippen molar-refractivity contribution in [3.8, 4) is 0 Å². The van der Waals surface area contributed by atoms with E-state index < -0.39 is 0 Å². The van der Waals surface area contributed by atoms with E-state index >= 15 is 0 Å². The Hall–Kier alpha value is -0.940. The molecule has 0 bridgehead atoms. The summed E-state index contributed by atoms with van der Waals surface area (Å²) in [5.41, 5.74) is 1.07. The van der Waals surface area contributed by atoms with Crippen LogP contribution in [0.25, 0.3) is 0 Å². The van der Waals surface area contributed by atoms with E-state index in [-0.39, 0.29) is 5.91 Å². The lowest BCUT2D eigenvalue weighted by Crippen LogP contribution is -2.29. The average molecular weight is 213 g/mol. The van der Waals surface area contributed by atoms with Crippen LogP contribution in [0.4, 0.5) is 0 Å². The van der Waals surface area contributed by atoms with E-state index in [0.717, 1.165) is 23.8 Å². The summed E-state index contributed by atoms with van der Waals surface area (Å²) in [5.74, 6) is 0.0105. The number of thiazole rings is 1. The summed E-state index contributed by atoms with van der Waals surface area (Å²) >= 11 is 1.65. The minimum atomic E-state index is 0.0105. The highest BCUT2D eigenvalue weighted by Crippen LogP contribution is 2.06. The Labute approximate surface area is 87.7 Å². The van der Waals surface area contributed by atoms with Crippen molar-refractivity contribution in [1.29, 1.82) is 0 Å². The molecule has 2 N–H and O–H groups in total. The second-order valence-corrected chi connectivity index (χ2v) is 4.08. The Balaban J connectivity index is 2.07. The maximum absolute atomic E-state index is 10.5. The van der Waals surface area contributed by atoms with E-state index in [4.69, 9.17) is 0 Å². The predicted molar refractivity (Wildman–Crippen MR) is 57.2 cm³/mol. The van der Waals surface area contributed by atoms with Crippen LogP contribution in [-0.2, 0) is 11.3 Å². The second kappa shape index (κ2) is 5.72. The Kier molecular flexibility index (Phi) is 4.55. The molecule has 14 heavy (non-hydrogen) atoms. The first-order valence-electron chi connectivity index (χ1n) is 4.54. The van der Waals surface area contributed by atoms with Crippen molar-refractivity contribution < 1.29 is 4.79 Å². The molecule has 78 valence electrons. The first-order valence-corrected chi connectivity index (χ1v) is 5.42. The molecule has 0 aromatic carbocycles. The zero-order valence-corrected chi connectivity index (χ0v) is 9.28. The number of carbonyl (C=O) groups excluding carboxylic acids is 1. The van der Waals surface area contributed by atoms with E-state index in [2.05, 4.69) is 15.6 Å². The first kappa shape index (κ1) is 11.1. The fraction of sp³-hybridized carbons (Fsp3) is 0.556. The van der Waals surface area contributed by atoms with Gasteiger partial charge in [0.25, 0.3) is 0 Å².